The number of morpholine rings is 1. The highest BCUT2D eigenvalue weighted by molar-refractivity contribution is 8.00. The highest BCUT2D eigenvalue weighted by Crippen LogP contribution is 2.37. The number of fused-ring (bicyclic) bond motifs is 1. The molecule has 27 heavy (non-hydrogen) atoms. The maximum atomic E-state index is 13.2. The summed E-state index contributed by atoms with van der Waals surface area (Å²) in [5.41, 5.74) is 2.50. The Balaban J connectivity index is 1.57. The van der Waals surface area contributed by atoms with E-state index in [-0.39, 0.29) is 11.7 Å². The Morgan fingerprint density at radius 3 is 2.96 bits per heavy atom. The Hall–Kier alpha value is -1.96. The molecule has 0 aliphatic carbocycles. The molecular weight excluding hydrogens is 365 g/mol. The number of anilines is 1. The molecule has 1 aromatic heterocycles. The van der Waals surface area contributed by atoms with Crippen LogP contribution in [0.25, 0.3) is 11.3 Å². The van der Waals surface area contributed by atoms with Crippen molar-refractivity contribution in [2.75, 3.05) is 43.5 Å². The first kappa shape index (κ1) is 18.4. The molecule has 4 rings (SSSR count). The average Bonchev–Trinajstić information content (AvgIpc) is 2.68. The van der Waals surface area contributed by atoms with Crippen LogP contribution in [-0.4, -0.2) is 60.4 Å². The topological polar surface area (TPSA) is 45.7 Å². The molecule has 1 unspecified atom stereocenters. The molecule has 0 saturated carbocycles. The minimum atomic E-state index is -0.358. The van der Waals surface area contributed by atoms with Crippen molar-refractivity contribution in [3.63, 3.8) is 0 Å². The van der Waals surface area contributed by atoms with Crippen LogP contribution in [0.3, 0.4) is 0 Å². The summed E-state index contributed by atoms with van der Waals surface area (Å²) in [6, 6.07) is 9.42. The van der Waals surface area contributed by atoms with Crippen LogP contribution in [0.4, 0.5) is 10.1 Å². The van der Waals surface area contributed by atoms with E-state index >= 15 is 0 Å². The lowest BCUT2D eigenvalue weighted by atomic mass is 10.1. The van der Waals surface area contributed by atoms with Crippen LogP contribution in [0, 0.1) is 5.82 Å². The fraction of sp³-hybridized carbons (Fsp3) is 0.400. The number of nitrogens with zero attached hydrogens (tertiary/aromatic N) is 3. The van der Waals surface area contributed by atoms with Crippen LogP contribution < -0.4 is 4.90 Å². The average molecular weight is 387 g/mol. The second-order valence-electron chi connectivity index (χ2n) is 6.84. The van der Waals surface area contributed by atoms with E-state index < -0.39 is 0 Å². The number of hydrogen-bond acceptors (Lipinski definition) is 5. The van der Waals surface area contributed by atoms with Crippen LogP contribution in [0.1, 0.15) is 6.92 Å². The van der Waals surface area contributed by atoms with Gasteiger partial charge in [0.15, 0.2) is 0 Å². The van der Waals surface area contributed by atoms with Crippen molar-refractivity contribution < 1.29 is 13.9 Å². The smallest absolute Gasteiger partial charge is 0.237 e. The Labute approximate surface area is 162 Å². The molecule has 1 fully saturated rings. The first-order valence-corrected chi connectivity index (χ1v) is 10.1. The van der Waals surface area contributed by atoms with Crippen LogP contribution in [0.5, 0.6) is 0 Å². The van der Waals surface area contributed by atoms with E-state index in [4.69, 9.17) is 4.74 Å². The van der Waals surface area contributed by atoms with Crippen molar-refractivity contribution in [2.24, 2.45) is 0 Å². The summed E-state index contributed by atoms with van der Waals surface area (Å²) in [6.07, 6.45) is 1.21. The molecule has 3 heterocycles. The molecule has 1 aromatic carbocycles. The predicted molar refractivity (Wildman–Crippen MR) is 105 cm³/mol. The van der Waals surface area contributed by atoms with Crippen molar-refractivity contribution in [1.82, 2.24) is 9.88 Å². The second kappa shape index (κ2) is 7.96. The van der Waals surface area contributed by atoms with E-state index in [1.807, 2.05) is 23.1 Å². The van der Waals surface area contributed by atoms with E-state index in [2.05, 4.69) is 16.8 Å². The highest BCUT2D eigenvalue weighted by atomic mass is 32.2. The number of halogens is 1. The molecule has 0 spiro atoms. The van der Waals surface area contributed by atoms with Crippen molar-refractivity contribution in [3.8, 4) is 11.3 Å². The zero-order valence-electron chi connectivity index (χ0n) is 15.2. The quantitative estimate of drug-likeness (QED) is 0.807. The van der Waals surface area contributed by atoms with Crippen molar-refractivity contribution >= 4 is 23.4 Å². The first-order chi connectivity index (χ1) is 13.1. The number of thioether (sulfide) groups is 1. The Kier molecular flexibility index (Phi) is 5.43. The van der Waals surface area contributed by atoms with Gasteiger partial charge in [-0.25, -0.2) is 4.39 Å². The van der Waals surface area contributed by atoms with E-state index in [9.17, 15) is 9.18 Å². The van der Waals surface area contributed by atoms with Gasteiger partial charge in [0.05, 0.1) is 36.5 Å². The summed E-state index contributed by atoms with van der Waals surface area (Å²) < 4.78 is 18.7. The molecule has 2 aliphatic heterocycles. The van der Waals surface area contributed by atoms with Gasteiger partial charge < -0.3 is 9.64 Å². The fourth-order valence-electron chi connectivity index (χ4n) is 3.48. The summed E-state index contributed by atoms with van der Waals surface area (Å²) in [6.45, 7) is 5.99. The van der Waals surface area contributed by atoms with Gasteiger partial charge in [0.2, 0.25) is 5.91 Å². The van der Waals surface area contributed by atoms with Crippen molar-refractivity contribution in [3.05, 3.63) is 42.3 Å². The lowest BCUT2D eigenvalue weighted by molar-refractivity contribution is -0.116. The van der Waals surface area contributed by atoms with Crippen LogP contribution in [0.2, 0.25) is 0 Å². The van der Waals surface area contributed by atoms with Gasteiger partial charge in [0.25, 0.3) is 0 Å². The highest BCUT2D eigenvalue weighted by Gasteiger charge is 2.27. The number of pyridine rings is 1. The van der Waals surface area contributed by atoms with E-state index in [0.29, 0.717) is 24.0 Å². The molecule has 1 saturated heterocycles. The molecule has 7 heteroatoms. The maximum absolute atomic E-state index is 13.2. The van der Waals surface area contributed by atoms with Gasteiger partial charge in [-0.2, -0.15) is 0 Å². The van der Waals surface area contributed by atoms with E-state index in [1.54, 1.807) is 17.8 Å². The van der Waals surface area contributed by atoms with Gasteiger partial charge in [-0.15, -0.1) is 11.8 Å². The molecule has 5 nitrogen and oxygen atoms in total. The number of carbonyl (C=O) groups is 1. The molecule has 0 N–H and O–H groups in total. The maximum Gasteiger partial charge on any atom is 0.237 e. The van der Waals surface area contributed by atoms with Crippen LogP contribution in [-0.2, 0) is 9.53 Å². The number of ether oxygens (including phenoxy) is 1. The third-order valence-electron chi connectivity index (χ3n) is 5.04. The van der Waals surface area contributed by atoms with Gasteiger partial charge in [-0.05, 0) is 31.2 Å². The van der Waals surface area contributed by atoms with Gasteiger partial charge in [0.1, 0.15) is 5.82 Å². The molecule has 142 valence electrons. The van der Waals surface area contributed by atoms with Crippen LogP contribution in [0.15, 0.2) is 41.4 Å². The van der Waals surface area contributed by atoms with Crippen LogP contribution >= 0.6 is 11.8 Å². The molecule has 1 amide bonds. The lowest BCUT2D eigenvalue weighted by Gasteiger charge is -2.36. The molecule has 0 radical (unpaired) electrons. The van der Waals surface area contributed by atoms with Gasteiger partial charge in [-0.3, -0.25) is 14.7 Å². The predicted octanol–water partition coefficient (Wildman–Crippen LogP) is 3.05. The first-order valence-electron chi connectivity index (χ1n) is 9.13. The number of rotatable bonds is 4. The molecule has 2 aliphatic rings. The summed E-state index contributed by atoms with van der Waals surface area (Å²) in [5.74, 6) is 0.223. The Bertz CT molecular complexity index is 830. The fourth-order valence-corrected chi connectivity index (χ4v) is 4.39. The molecule has 0 bridgehead atoms. The third kappa shape index (κ3) is 4.00. The van der Waals surface area contributed by atoms with Crippen molar-refractivity contribution in [2.45, 2.75) is 17.9 Å². The largest absolute Gasteiger partial charge is 0.379 e. The van der Waals surface area contributed by atoms with Gasteiger partial charge in [0, 0.05) is 36.1 Å². The van der Waals surface area contributed by atoms with Gasteiger partial charge in [-0.1, -0.05) is 6.07 Å². The summed E-state index contributed by atoms with van der Waals surface area (Å²) in [4.78, 5) is 22.1. The second-order valence-corrected chi connectivity index (χ2v) is 7.86. The zero-order chi connectivity index (χ0) is 18.8. The molecule has 1 atom stereocenters. The SMILES string of the molecule is CC1COCCN1CCN1C(=O)CSc2ccc(-c3ccc(F)cn3)cc21. The molecule has 2 aromatic rings. The number of aromatic nitrogens is 1. The normalized spacial score (nSPS) is 20.6. The monoisotopic (exact) mass is 387 g/mol. The minimum Gasteiger partial charge on any atom is -0.379 e. The Morgan fingerprint density at radius 2 is 2.19 bits per heavy atom. The number of hydrogen-bond donors (Lipinski definition) is 0. The summed E-state index contributed by atoms with van der Waals surface area (Å²) in [5, 5.41) is 0. The standard InChI is InChI=1S/C20H22FN3O2S/c1-14-12-26-9-8-23(14)6-7-24-18-10-15(17-4-3-16(21)11-22-17)2-5-19(18)27-13-20(24)25/h2-5,10-11,14H,6-9,12-13H2,1H3. The lowest BCUT2D eigenvalue weighted by Crippen LogP contribution is -2.48. The third-order valence-corrected chi connectivity index (χ3v) is 6.09. The number of benzene rings is 1. The Morgan fingerprint density at radius 1 is 1.30 bits per heavy atom. The molecular formula is C20H22FN3O2S. The zero-order valence-corrected chi connectivity index (χ0v) is 16.0. The number of amides is 1. The minimum absolute atomic E-state index is 0.123. The summed E-state index contributed by atoms with van der Waals surface area (Å²) in [7, 11) is 0. The number of carbonyl (C=O) groups excluding carboxylic acids is 1. The summed E-state index contributed by atoms with van der Waals surface area (Å²) >= 11 is 1.56. The van der Waals surface area contributed by atoms with Crippen molar-refractivity contribution in [1.29, 1.82) is 0 Å². The van der Waals surface area contributed by atoms with E-state index in [1.165, 1.54) is 12.3 Å². The van der Waals surface area contributed by atoms with E-state index in [0.717, 1.165) is 42.4 Å². The van der Waals surface area contributed by atoms with Gasteiger partial charge >= 0.3 is 0 Å².